The number of aliphatic hydroxyl groups is 1. The van der Waals surface area contributed by atoms with Crippen LogP contribution in [0, 0.1) is 0 Å². The van der Waals surface area contributed by atoms with Gasteiger partial charge in [0.05, 0.1) is 24.8 Å². The molecule has 0 saturated carbocycles. The second kappa shape index (κ2) is 8.80. The van der Waals surface area contributed by atoms with Crippen LogP contribution in [0.4, 0.5) is 19.0 Å². The Labute approximate surface area is 167 Å². The monoisotopic (exact) mass is 434 g/mol. The number of aromatic nitrogens is 2. The number of Topliss-reactive ketones (excluding diaryl/α,β-unsaturated/α-hetero) is 1. The number of nitrogens with zero attached hydrogens (tertiary/aromatic N) is 1. The van der Waals surface area contributed by atoms with Gasteiger partial charge in [-0.05, 0) is 24.6 Å². The molecule has 0 aliphatic rings. The first kappa shape index (κ1) is 22.7. The lowest BCUT2D eigenvalue weighted by Crippen LogP contribution is -2.39. The number of hydrogen-bond acceptors (Lipinski definition) is 6. The Morgan fingerprint density at radius 2 is 2.03 bits per heavy atom. The number of anilines is 1. The first-order valence-electron chi connectivity index (χ1n) is 8.37. The third-order valence-electron chi connectivity index (χ3n) is 4.22. The van der Waals surface area contributed by atoms with Gasteiger partial charge in [-0.2, -0.15) is 13.2 Å². The number of nitrogen functional groups attached to an aromatic ring is 1. The second-order valence-electron chi connectivity index (χ2n) is 6.03. The molecule has 29 heavy (non-hydrogen) atoms. The van der Waals surface area contributed by atoms with Crippen LogP contribution in [0.25, 0.3) is 0 Å². The Kier molecular flexibility index (Phi) is 6.88. The first-order chi connectivity index (χ1) is 13.5. The number of benzene rings is 1. The van der Waals surface area contributed by atoms with Gasteiger partial charge in [0.15, 0.2) is 5.78 Å². The molecule has 2 aromatic rings. The third-order valence-corrected chi connectivity index (χ3v) is 4.46. The average Bonchev–Trinajstić information content (AvgIpc) is 2.62. The standard InChI is InChI=1S/C17H18ClF3N4O4/c1-2-25-14(22)13(15(28)24-16(25)29)12(27)6-23-11(7-26)9-4-3-8(18)5-10(9)17(19,20)21/h3-5,11,23,26H,2,6-7,22H2,1H3,(H,24,28,29). The molecule has 1 aromatic carbocycles. The van der Waals surface area contributed by atoms with Gasteiger partial charge < -0.3 is 16.2 Å². The largest absolute Gasteiger partial charge is 0.416 e. The summed E-state index contributed by atoms with van der Waals surface area (Å²) < 4.78 is 40.8. The maximum absolute atomic E-state index is 13.3. The Morgan fingerprint density at radius 3 is 2.59 bits per heavy atom. The van der Waals surface area contributed by atoms with Gasteiger partial charge in [0.1, 0.15) is 11.4 Å². The van der Waals surface area contributed by atoms with Crippen LogP contribution in [0.3, 0.4) is 0 Å². The summed E-state index contributed by atoms with van der Waals surface area (Å²) in [5.41, 5.74) is 2.04. The number of nitrogens with two attached hydrogens (primary N) is 1. The van der Waals surface area contributed by atoms with Crippen molar-refractivity contribution in [3.63, 3.8) is 0 Å². The minimum Gasteiger partial charge on any atom is -0.394 e. The van der Waals surface area contributed by atoms with Crippen LogP contribution in [-0.4, -0.2) is 33.6 Å². The maximum atomic E-state index is 13.3. The lowest BCUT2D eigenvalue weighted by molar-refractivity contribution is -0.138. The minimum atomic E-state index is -4.74. The molecule has 1 aromatic heterocycles. The van der Waals surface area contributed by atoms with Crippen molar-refractivity contribution in [2.24, 2.45) is 0 Å². The van der Waals surface area contributed by atoms with E-state index in [0.29, 0.717) is 6.07 Å². The van der Waals surface area contributed by atoms with E-state index >= 15 is 0 Å². The van der Waals surface area contributed by atoms with Gasteiger partial charge in [0, 0.05) is 11.6 Å². The fourth-order valence-corrected chi connectivity index (χ4v) is 3.00. The summed E-state index contributed by atoms with van der Waals surface area (Å²) in [7, 11) is 0. The average molecular weight is 435 g/mol. The van der Waals surface area contributed by atoms with E-state index in [0.717, 1.165) is 10.6 Å². The van der Waals surface area contributed by atoms with Crippen molar-refractivity contribution in [1.29, 1.82) is 0 Å². The topological polar surface area (TPSA) is 130 Å². The van der Waals surface area contributed by atoms with Crippen LogP contribution in [0.2, 0.25) is 5.02 Å². The zero-order chi connectivity index (χ0) is 21.9. The lowest BCUT2D eigenvalue weighted by atomic mass is 10.00. The highest BCUT2D eigenvalue weighted by molar-refractivity contribution is 6.30. The Balaban J connectivity index is 2.33. The number of halogens is 4. The van der Waals surface area contributed by atoms with E-state index in [9.17, 15) is 32.7 Å². The summed E-state index contributed by atoms with van der Waals surface area (Å²) in [6.07, 6.45) is -4.74. The van der Waals surface area contributed by atoms with Gasteiger partial charge in [0.25, 0.3) is 5.56 Å². The summed E-state index contributed by atoms with van der Waals surface area (Å²) in [4.78, 5) is 38.1. The minimum absolute atomic E-state index is 0.0914. The van der Waals surface area contributed by atoms with Gasteiger partial charge >= 0.3 is 11.9 Å². The van der Waals surface area contributed by atoms with E-state index < -0.39 is 53.5 Å². The number of hydrogen-bond donors (Lipinski definition) is 4. The van der Waals surface area contributed by atoms with Crippen molar-refractivity contribution >= 4 is 23.2 Å². The molecule has 0 bridgehead atoms. The number of aliphatic hydroxyl groups excluding tert-OH is 1. The molecule has 5 N–H and O–H groups in total. The van der Waals surface area contributed by atoms with Crippen LogP contribution in [0.5, 0.6) is 0 Å². The number of carbonyl (C=O) groups excluding carboxylic acids is 1. The van der Waals surface area contributed by atoms with Gasteiger partial charge in [-0.3, -0.25) is 19.1 Å². The smallest absolute Gasteiger partial charge is 0.394 e. The molecule has 2 rings (SSSR count). The molecule has 8 nitrogen and oxygen atoms in total. The van der Waals surface area contributed by atoms with Gasteiger partial charge in [-0.25, -0.2) is 4.79 Å². The number of aromatic amines is 1. The van der Waals surface area contributed by atoms with Crippen molar-refractivity contribution in [2.45, 2.75) is 25.7 Å². The van der Waals surface area contributed by atoms with Crippen LogP contribution in [0.15, 0.2) is 27.8 Å². The van der Waals surface area contributed by atoms with E-state index in [4.69, 9.17) is 17.3 Å². The predicted octanol–water partition coefficient (Wildman–Crippen LogP) is 1.32. The number of alkyl halides is 3. The van der Waals surface area contributed by atoms with Crippen LogP contribution in [0.1, 0.15) is 34.5 Å². The van der Waals surface area contributed by atoms with Gasteiger partial charge in [0.2, 0.25) is 0 Å². The van der Waals surface area contributed by atoms with Crippen LogP contribution >= 0.6 is 11.6 Å². The molecule has 1 heterocycles. The molecule has 1 unspecified atom stereocenters. The van der Waals surface area contributed by atoms with E-state index in [1.165, 1.54) is 6.07 Å². The lowest BCUT2D eigenvalue weighted by Gasteiger charge is -2.21. The molecule has 158 valence electrons. The molecule has 1 atom stereocenters. The van der Waals surface area contributed by atoms with Crippen molar-refractivity contribution in [2.75, 3.05) is 18.9 Å². The number of nitrogens with one attached hydrogen (secondary N) is 2. The normalized spacial score (nSPS) is 12.8. The molecule has 0 radical (unpaired) electrons. The highest BCUT2D eigenvalue weighted by Gasteiger charge is 2.35. The van der Waals surface area contributed by atoms with Crippen LogP contribution in [-0.2, 0) is 12.7 Å². The highest BCUT2D eigenvalue weighted by atomic mass is 35.5. The van der Waals surface area contributed by atoms with E-state index in [-0.39, 0.29) is 22.9 Å². The fraction of sp³-hybridized carbons (Fsp3) is 0.353. The first-order valence-corrected chi connectivity index (χ1v) is 8.75. The summed E-state index contributed by atoms with van der Waals surface area (Å²) >= 11 is 5.64. The Hall–Kier alpha value is -2.63. The number of carbonyl (C=O) groups is 1. The third kappa shape index (κ3) is 4.86. The molecule has 0 aliphatic carbocycles. The fourth-order valence-electron chi connectivity index (χ4n) is 2.83. The SMILES string of the molecule is CCn1c(N)c(C(=O)CNC(CO)c2ccc(Cl)cc2C(F)(F)F)c(=O)[nH]c1=O. The summed E-state index contributed by atoms with van der Waals surface area (Å²) in [6, 6.07) is 1.74. The predicted molar refractivity (Wildman–Crippen MR) is 100 cm³/mol. The number of ketones is 1. The molecule has 0 amide bonds. The second-order valence-corrected chi connectivity index (χ2v) is 6.47. The van der Waals surface area contributed by atoms with Crippen molar-refractivity contribution in [3.05, 3.63) is 60.8 Å². The zero-order valence-corrected chi connectivity index (χ0v) is 15.9. The van der Waals surface area contributed by atoms with Gasteiger partial charge in [-0.1, -0.05) is 17.7 Å². The van der Waals surface area contributed by atoms with E-state index in [1.807, 2.05) is 4.98 Å². The highest BCUT2D eigenvalue weighted by Crippen LogP contribution is 2.36. The van der Waals surface area contributed by atoms with Gasteiger partial charge in [-0.15, -0.1) is 0 Å². The number of H-pyrrole nitrogens is 1. The molecule has 0 aliphatic heterocycles. The molecular formula is C17H18ClF3N4O4. The summed E-state index contributed by atoms with van der Waals surface area (Å²) in [5, 5.41) is 11.9. The maximum Gasteiger partial charge on any atom is 0.416 e. The van der Waals surface area contributed by atoms with E-state index in [2.05, 4.69) is 5.32 Å². The number of rotatable bonds is 7. The van der Waals surface area contributed by atoms with Crippen LogP contribution < -0.4 is 22.3 Å². The quantitative estimate of drug-likeness (QED) is 0.486. The molecule has 0 spiro atoms. The molecule has 0 fully saturated rings. The zero-order valence-electron chi connectivity index (χ0n) is 15.1. The Morgan fingerprint density at radius 1 is 1.38 bits per heavy atom. The molecule has 0 saturated heterocycles. The summed E-state index contributed by atoms with van der Waals surface area (Å²) in [5.74, 6) is -1.21. The van der Waals surface area contributed by atoms with Crippen molar-refractivity contribution in [1.82, 2.24) is 14.9 Å². The molecule has 12 heteroatoms. The summed E-state index contributed by atoms with van der Waals surface area (Å²) in [6.45, 7) is 0.288. The Bertz CT molecular complexity index is 1030. The van der Waals surface area contributed by atoms with Crippen molar-refractivity contribution in [3.8, 4) is 0 Å². The van der Waals surface area contributed by atoms with Crippen molar-refractivity contribution < 1.29 is 23.1 Å². The molecular weight excluding hydrogens is 417 g/mol. The van der Waals surface area contributed by atoms with E-state index in [1.54, 1.807) is 6.92 Å².